The van der Waals surface area contributed by atoms with E-state index in [1.165, 1.54) is 15.7 Å². The third kappa shape index (κ3) is 5.80. The summed E-state index contributed by atoms with van der Waals surface area (Å²) >= 11 is 0. The van der Waals surface area contributed by atoms with Gasteiger partial charge in [-0.3, -0.25) is 9.69 Å². The second kappa shape index (κ2) is 10.0. The number of hydrogen-bond acceptors (Lipinski definition) is 9. The molecule has 1 fully saturated rings. The maximum absolute atomic E-state index is 13.5. The van der Waals surface area contributed by atoms with Gasteiger partial charge in [0.1, 0.15) is 6.04 Å². The topological polar surface area (TPSA) is 131 Å². The Morgan fingerprint density at radius 3 is 2.49 bits per heavy atom. The van der Waals surface area contributed by atoms with Crippen LogP contribution in [0.2, 0.25) is 0 Å². The number of nitrogen functional groups attached to an aromatic ring is 1. The van der Waals surface area contributed by atoms with E-state index in [9.17, 15) is 18.0 Å². The van der Waals surface area contributed by atoms with Crippen molar-refractivity contribution in [1.29, 1.82) is 0 Å². The Morgan fingerprint density at radius 2 is 1.81 bits per heavy atom. The molecule has 4 aromatic rings. The number of aromatic nitrogens is 5. The molecule has 1 atom stereocenters. The molecular weight excluding hydrogens is 491 g/mol. The van der Waals surface area contributed by atoms with Gasteiger partial charge in [-0.15, -0.1) is 5.10 Å². The average Bonchev–Trinajstić information content (AvgIpc) is 3.54. The zero-order chi connectivity index (χ0) is 26.0. The lowest BCUT2D eigenvalue weighted by atomic mass is 10.0. The Bertz CT molecular complexity index is 1350. The lowest BCUT2D eigenvalue weighted by Crippen LogP contribution is -2.54. The summed E-state index contributed by atoms with van der Waals surface area (Å²) < 4.78 is 44.9. The molecule has 0 radical (unpaired) electrons. The Kier molecular flexibility index (Phi) is 6.65. The zero-order valence-electron chi connectivity index (χ0n) is 19.6. The van der Waals surface area contributed by atoms with Crippen LogP contribution in [0.4, 0.5) is 25.1 Å². The summed E-state index contributed by atoms with van der Waals surface area (Å²) in [6.45, 7) is -0.366. The van der Waals surface area contributed by atoms with Gasteiger partial charge in [0.25, 0.3) is 5.78 Å². The van der Waals surface area contributed by atoms with Gasteiger partial charge in [-0.25, -0.2) is 0 Å². The monoisotopic (exact) mass is 515 g/mol. The number of benzene rings is 1. The van der Waals surface area contributed by atoms with E-state index < -0.39 is 18.8 Å². The van der Waals surface area contributed by atoms with Crippen LogP contribution in [0, 0.1) is 0 Å². The predicted octanol–water partition coefficient (Wildman–Crippen LogP) is 2.09. The second-order valence-corrected chi connectivity index (χ2v) is 8.63. The molecule has 1 aromatic carbocycles. The first kappa shape index (κ1) is 24.5. The summed E-state index contributed by atoms with van der Waals surface area (Å²) in [4.78, 5) is 29.3. The summed E-state index contributed by atoms with van der Waals surface area (Å²) in [5, 5.41) is 7.32. The Labute approximate surface area is 209 Å². The van der Waals surface area contributed by atoms with E-state index in [2.05, 4.69) is 25.4 Å². The summed E-state index contributed by atoms with van der Waals surface area (Å²) in [5.74, 6) is 0.680. The van der Waals surface area contributed by atoms with Crippen molar-refractivity contribution in [2.24, 2.45) is 0 Å². The van der Waals surface area contributed by atoms with Crippen molar-refractivity contribution in [3.05, 3.63) is 54.3 Å². The van der Waals surface area contributed by atoms with E-state index >= 15 is 0 Å². The molecule has 0 bridgehead atoms. The molecule has 1 amide bonds. The first-order valence-corrected chi connectivity index (χ1v) is 11.6. The van der Waals surface area contributed by atoms with Gasteiger partial charge in [-0.05, 0) is 17.7 Å². The minimum atomic E-state index is -4.28. The lowest BCUT2D eigenvalue weighted by molar-refractivity contribution is -0.152. The normalized spacial score (nSPS) is 15.7. The van der Waals surface area contributed by atoms with Crippen LogP contribution in [-0.4, -0.2) is 85.2 Å². The number of nitrogens with one attached hydrogen (secondary N) is 1. The van der Waals surface area contributed by atoms with E-state index in [0.29, 0.717) is 12.2 Å². The van der Waals surface area contributed by atoms with E-state index in [-0.39, 0.29) is 55.6 Å². The highest BCUT2D eigenvalue weighted by Gasteiger charge is 2.34. The van der Waals surface area contributed by atoms with Gasteiger partial charge in [0, 0.05) is 32.6 Å². The van der Waals surface area contributed by atoms with E-state index in [1.54, 1.807) is 17.0 Å². The lowest BCUT2D eigenvalue weighted by Gasteiger charge is -2.36. The largest absolute Gasteiger partial charge is 0.461 e. The van der Waals surface area contributed by atoms with Gasteiger partial charge in [0.2, 0.25) is 23.6 Å². The third-order valence-corrected chi connectivity index (χ3v) is 5.95. The molecule has 3 aromatic heterocycles. The molecule has 194 valence electrons. The van der Waals surface area contributed by atoms with Gasteiger partial charge >= 0.3 is 6.18 Å². The van der Waals surface area contributed by atoms with Crippen LogP contribution in [0.25, 0.3) is 17.4 Å². The number of furan rings is 1. The maximum atomic E-state index is 13.5. The van der Waals surface area contributed by atoms with Gasteiger partial charge in [-0.1, -0.05) is 30.3 Å². The number of carbonyl (C=O) groups is 1. The molecule has 0 unspecified atom stereocenters. The molecule has 0 saturated carbocycles. The standard InChI is InChI=1S/C23H24F3N9O2/c24-23(25,26)14-33-8-10-34(11-9-33)19(36)16(13-15-5-2-1-3-6-15)28-21-30-20(27)35-22(31-21)29-18(32-35)17-7-4-12-37-17/h1-7,12,16H,8-11,13-14H2,(H3,27,28,29,30,31,32)/t16-/m0/s1. The van der Waals surface area contributed by atoms with Crippen LogP contribution in [0.5, 0.6) is 0 Å². The van der Waals surface area contributed by atoms with Crippen molar-refractivity contribution in [3.8, 4) is 11.6 Å². The van der Waals surface area contributed by atoms with Gasteiger partial charge < -0.3 is 20.4 Å². The summed E-state index contributed by atoms with van der Waals surface area (Å²) in [6.07, 6.45) is -2.48. The van der Waals surface area contributed by atoms with Crippen LogP contribution in [0.1, 0.15) is 5.56 Å². The highest BCUT2D eigenvalue weighted by atomic mass is 19.4. The number of nitrogens with two attached hydrogens (primary N) is 1. The molecule has 1 saturated heterocycles. The van der Waals surface area contributed by atoms with Gasteiger partial charge in [-0.2, -0.15) is 32.6 Å². The molecule has 1 aliphatic rings. The zero-order valence-corrected chi connectivity index (χ0v) is 19.6. The predicted molar refractivity (Wildman–Crippen MR) is 127 cm³/mol. The number of alkyl halides is 3. The number of nitrogens with zero attached hydrogens (tertiary/aromatic N) is 7. The first-order valence-electron chi connectivity index (χ1n) is 11.6. The van der Waals surface area contributed by atoms with Crippen LogP contribution in [0.3, 0.4) is 0 Å². The van der Waals surface area contributed by atoms with Crippen molar-refractivity contribution in [2.45, 2.75) is 18.6 Å². The highest BCUT2D eigenvalue weighted by molar-refractivity contribution is 5.85. The van der Waals surface area contributed by atoms with Crippen molar-refractivity contribution >= 4 is 23.6 Å². The van der Waals surface area contributed by atoms with Crippen LogP contribution < -0.4 is 11.1 Å². The first-order chi connectivity index (χ1) is 17.7. The quantitative estimate of drug-likeness (QED) is 0.380. The smallest absolute Gasteiger partial charge is 0.401 e. The Balaban J connectivity index is 1.36. The minimum absolute atomic E-state index is 0.00415. The fourth-order valence-corrected chi connectivity index (χ4v) is 4.19. The Hall–Kier alpha value is -4.20. The SMILES string of the molecule is Nc1nc(N[C@@H](Cc2ccccc2)C(=O)N2CCN(CC(F)(F)F)CC2)nc2nc(-c3ccco3)nn12. The number of piperazine rings is 1. The number of halogens is 3. The number of carbonyl (C=O) groups excluding carboxylic acids is 1. The van der Waals surface area contributed by atoms with Gasteiger partial charge in [0.05, 0.1) is 12.8 Å². The molecule has 0 aliphatic carbocycles. The molecule has 3 N–H and O–H groups in total. The maximum Gasteiger partial charge on any atom is 0.401 e. The summed E-state index contributed by atoms with van der Waals surface area (Å²) in [7, 11) is 0. The number of anilines is 2. The fraction of sp³-hybridized carbons (Fsp3) is 0.348. The highest BCUT2D eigenvalue weighted by Crippen LogP contribution is 2.20. The number of amides is 1. The minimum Gasteiger partial charge on any atom is -0.461 e. The number of rotatable bonds is 7. The van der Waals surface area contributed by atoms with Crippen molar-refractivity contribution in [1.82, 2.24) is 34.4 Å². The van der Waals surface area contributed by atoms with Crippen LogP contribution >= 0.6 is 0 Å². The van der Waals surface area contributed by atoms with Crippen molar-refractivity contribution in [3.63, 3.8) is 0 Å². The van der Waals surface area contributed by atoms with E-state index in [0.717, 1.165) is 5.56 Å². The molecule has 1 aliphatic heterocycles. The molecule has 14 heteroatoms. The van der Waals surface area contributed by atoms with Crippen molar-refractivity contribution < 1.29 is 22.4 Å². The van der Waals surface area contributed by atoms with Gasteiger partial charge in [0.15, 0.2) is 5.76 Å². The molecule has 5 rings (SSSR count). The second-order valence-electron chi connectivity index (χ2n) is 8.63. The molecular formula is C23H24F3N9O2. The van der Waals surface area contributed by atoms with Crippen LogP contribution in [0.15, 0.2) is 53.1 Å². The average molecular weight is 516 g/mol. The van der Waals surface area contributed by atoms with E-state index in [4.69, 9.17) is 10.2 Å². The van der Waals surface area contributed by atoms with Crippen LogP contribution in [-0.2, 0) is 11.2 Å². The third-order valence-electron chi connectivity index (χ3n) is 5.95. The van der Waals surface area contributed by atoms with E-state index in [1.807, 2.05) is 30.3 Å². The molecule has 4 heterocycles. The summed E-state index contributed by atoms with van der Waals surface area (Å²) in [6, 6.07) is 12.0. The Morgan fingerprint density at radius 1 is 1.05 bits per heavy atom. The van der Waals surface area contributed by atoms with Crippen molar-refractivity contribution in [2.75, 3.05) is 43.8 Å². The molecule has 0 spiro atoms. The molecule has 11 nitrogen and oxygen atoms in total. The molecule has 37 heavy (non-hydrogen) atoms. The number of fused-ring (bicyclic) bond motifs is 1. The summed E-state index contributed by atoms with van der Waals surface area (Å²) in [5.41, 5.74) is 6.97. The fourth-order valence-electron chi connectivity index (χ4n) is 4.19. The number of hydrogen-bond donors (Lipinski definition) is 2.